The molecule has 1 heterocycles. The summed E-state index contributed by atoms with van der Waals surface area (Å²) in [6.45, 7) is 3.97. The number of rotatable bonds is 4. The van der Waals surface area contributed by atoms with Gasteiger partial charge in [-0.3, -0.25) is 4.79 Å². The highest BCUT2D eigenvalue weighted by atomic mass is 79.9. The van der Waals surface area contributed by atoms with Gasteiger partial charge in [-0.05, 0) is 49.2 Å². The summed E-state index contributed by atoms with van der Waals surface area (Å²) in [5, 5.41) is 2.97. The molecule has 0 aliphatic rings. The topological polar surface area (TPSA) is 42.2 Å². The Morgan fingerprint density at radius 2 is 2.00 bits per heavy atom. The zero-order chi connectivity index (χ0) is 13.8. The van der Waals surface area contributed by atoms with Gasteiger partial charge in [-0.25, -0.2) is 0 Å². The highest BCUT2D eigenvalue weighted by molar-refractivity contribution is 9.10. The fourth-order valence-corrected chi connectivity index (χ4v) is 2.69. The Labute approximate surface area is 121 Å². The van der Waals surface area contributed by atoms with Crippen molar-refractivity contribution in [3.8, 4) is 0 Å². The number of amides is 1. The molecule has 0 atom stereocenters. The number of carbonyl (C=O) groups excluding carboxylic acids is 1. The molecule has 0 radical (unpaired) electrons. The Hall–Kier alpha value is -1.55. The Kier molecular flexibility index (Phi) is 4.43. The molecule has 100 valence electrons. The van der Waals surface area contributed by atoms with E-state index in [2.05, 4.69) is 21.2 Å². The van der Waals surface area contributed by atoms with Crippen molar-refractivity contribution in [1.82, 2.24) is 0 Å². The van der Waals surface area contributed by atoms with Gasteiger partial charge in [0.2, 0.25) is 5.91 Å². The molecule has 0 aliphatic heterocycles. The molecule has 1 aromatic heterocycles. The van der Waals surface area contributed by atoms with Crippen LogP contribution in [0.3, 0.4) is 0 Å². The maximum absolute atomic E-state index is 11.9. The number of halogens is 1. The second-order valence-corrected chi connectivity index (χ2v) is 5.46. The molecule has 0 unspecified atom stereocenters. The maximum atomic E-state index is 11.9. The van der Waals surface area contributed by atoms with Crippen LogP contribution in [-0.4, -0.2) is 5.91 Å². The molecule has 1 aromatic carbocycles. The second kappa shape index (κ2) is 6.06. The molecule has 3 nitrogen and oxygen atoms in total. The summed E-state index contributed by atoms with van der Waals surface area (Å²) >= 11 is 3.45. The maximum Gasteiger partial charge on any atom is 0.224 e. The van der Waals surface area contributed by atoms with Gasteiger partial charge in [0.15, 0.2) is 0 Å². The van der Waals surface area contributed by atoms with Crippen LogP contribution in [0.2, 0.25) is 0 Å². The van der Waals surface area contributed by atoms with Crippen molar-refractivity contribution in [2.75, 3.05) is 5.32 Å². The van der Waals surface area contributed by atoms with Gasteiger partial charge in [0.25, 0.3) is 0 Å². The molecule has 0 spiro atoms. The molecule has 4 heteroatoms. The van der Waals surface area contributed by atoms with E-state index in [-0.39, 0.29) is 5.91 Å². The summed E-state index contributed by atoms with van der Waals surface area (Å²) < 4.78 is 6.24. The van der Waals surface area contributed by atoms with E-state index in [1.54, 1.807) is 6.26 Å². The molecular formula is C15H16BrNO2. The lowest BCUT2D eigenvalue weighted by Gasteiger charge is -2.12. The molecule has 0 saturated heterocycles. The predicted octanol–water partition coefficient (Wildman–Crippen LogP) is 4.23. The lowest BCUT2D eigenvalue weighted by atomic mass is 10.1. The Balaban J connectivity index is 1.99. The smallest absolute Gasteiger partial charge is 0.224 e. The fourth-order valence-electron chi connectivity index (χ4n) is 2.00. The summed E-state index contributed by atoms with van der Waals surface area (Å²) in [6.07, 6.45) is 2.66. The van der Waals surface area contributed by atoms with Crippen LogP contribution in [0.1, 0.15) is 23.3 Å². The Bertz CT molecular complexity index is 553. The summed E-state index contributed by atoms with van der Waals surface area (Å²) in [6, 6.07) is 7.70. The molecule has 2 rings (SSSR count). The van der Waals surface area contributed by atoms with Crippen molar-refractivity contribution in [2.45, 2.75) is 26.7 Å². The number of furan rings is 1. The SMILES string of the molecule is Cc1cc(Br)cc(C)c1NC(=O)CCc1ccco1. The largest absolute Gasteiger partial charge is 0.469 e. The van der Waals surface area contributed by atoms with E-state index >= 15 is 0 Å². The van der Waals surface area contributed by atoms with Crippen LogP contribution in [0.4, 0.5) is 5.69 Å². The standard InChI is InChI=1S/C15H16BrNO2/c1-10-8-12(16)9-11(2)15(10)17-14(18)6-5-13-4-3-7-19-13/h3-4,7-9H,5-6H2,1-2H3,(H,17,18). The van der Waals surface area contributed by atoms with Gasteiger partial charge < -0.3 is 9.73 Å². The van der Waals surface area contributed by atoms with E-state index in [0.29, 0.717) is 12.8 Å². The summed E-state index contributed by atoms with van der Waals surface area (Å²) in [5.74, 6) is 0.837. The van der Waals surface area contributed by atoms with Crippen LogP contribution >= 0.6 is 15.9 Å². The van der Waals surface area contributed by atoms with Crippen molar-refractivity contribution in [1.29, 1.82) is 0 Å². The van der Waals surface area contributed by atoms with E-state index < -0.39 is 0 Å². The van der Waals surface area contributed by atoms with Crippen LogP contribution in [0.5, 0.6) is 0 Å². The molecular weight excluding hydrogens is 306 g/mol. The van der Waals surface area contributed by atoms with Crippen LogP contribution in [-0.2, 0) is 11.2 Å². The minimum atomic E-state index is 0.00456. The first kappa shape index (κ1) is 13.9. The molecule has 2 aromatic rings. The fraction of sp³-hybridized carbons (Fsp3) is 0.267. The average molecular weight is 322 g/mol. The zero-order valence-corrected chi connectivity index (χ0v) is 12.6. The van der Waals surface area contributed by atoms with Crippen molar-refractivity contribution in [2.24, 2.45) is 0 Å². The minimum absolute atomic E-state index is 0.00456. The zero-order valence-electron chi connectivity index (χ0n) is 11.0. The third-order valence-electron chi connectivity index (χ3n) is 2.94. The number of benzene rings is 1. The van der Waals surface area contributed by atoms with Crippen LogP contribution in [0, 0.1) is 13.8 Å². The van der Waals surface area contributed by atoms with E-state index in [9.17, 15) is 4.79 Å². The molecule has 0 aliphatic carbocycles. The van der Waals surface area contributed by atoms with Crippen LogP contribution in [0.15, 0.2) is 39.4 Å². The van der Waals surface area contributed by atoms with E-state index in [1.165, 1.54) is 0 Å². The van der Waals surface area contributed by atoms with Gasteiger partial charge in [-0.2, -0.15) is 0 Å². The Morgan fingerprint density at radius 3 is 2.58 bits per heavy atom. The van der Waals surface area contributed by atoms with Crippen molar-refractivity contribution in [3.05, 3.63) is 51.9 Å². The van der Waals surface area contributed by atoms with Gasteiger partial charge in [-0.1, -0.05) is 15.9 Å². The van der Waals surface area contributed by atoms with Gasteiger partial charge in [0.1, 0.15) is 5.76 Å². The van der Waals surface area contributed by atoms with Crippen molar-refractivity contribution < 1.29 is 9.21 Å². The Morgan fingerprint density at radius 1 is 1.32 bits per heavy atom. The number of hydrogen-bond donors (Lipinski definition) is 1. The third kappa shape index (κ3) is 3.70. The average Bonchev–Trinajstić information content (AvgIpc) is 2.84. The molecule has 0 saturated carbocycles. The minimum Gasteiger partial charge on any atom is -0.469 e. The lowest BCUT2D eigenvalue weighted by molar-refractivity contribution is -0.116. The molecule has 0 fully saturated rings. The normalized spacial score (nSPS) is 10.5. The first-order valence-corrected chi connectivity index (χ1v) is 6.94. The molecule has 1 amide bonds. The second-order valence-electron chi connectivity index (χ2n) is 4.54. The molecule has 1 N–H and O–H groups in total. The van der Waals surface area contributed by atoms with Crippen molar-refractivity contribution >= 4 is 27.5 Å². The van der Waals surface area contributed by atoms with E-state index in [0.717, 1.165) is 27.0 Å². The number of hydrogen-bond acceptors (Lipinski definition) is 2. The predicted molar refractivity (Wildman–Crippen MR) is 79.3 cm³/mol. The first-order chi connectivity index (χ1) is 9.06. The van der Waals surface area contributed by atoms with Crippen molar-refractivity contribution in [3.63, 3.8) is 0 Å². The van der Waals surface area contributed by atoms with Gasteiger partial charge >= 0.3 is 0 Å². The summed E-state index contributed by atoms with van der Waals surface area (Å²) in [7, 11) is 0. The summed E-state index contributed by atoms with van der Waals surface area (Å²) in [4.78, 5) is 11.9. The molecule has 0 bridgehead atoms. The van der Waals surface area contributed by atoms with E-state index in [4.69, 9.17) is 4.42 Å². The highest BCUT2D eigenvalue weighted by Gasteiger charge is 2.09. The summed E-state index contributed by atoms with van der Waals surface area (Å²) in [5.41, 5.74) is 3.00. The number of aryl methyl sites for hydroxylation is 3. The van der Waals surface area contributed by atoms with Crippen LogP contribution in [0.25, 0.3) is 0 Å². The monoisotopic (exact) mass is 321 g/mol. The van der Waals surface area contributed by atoms with Gasteiger partial charge in [0.05, 0.1) is 6.26 Å². The van der Waals surface area contributed by atoms with E-state index in [1.807, 2.05) is 38.1 Å². The third-order valence-corrected chi connectivity index (χ3v) is 3.40. The number of nitrogens with one attached hydrogen (secondary N) is 1. The van der Waals surface area contributed by atoms with Gasteiger partial charge in [0, 0.05) is 23.0 Å². The lowest BCUT2D eigenvalue weighted by Crippen LogP contribution is -2.14. The van der Waals surface area contributed by atoms with Crippen LogP contribution < -0.4 is 5.32 Å². The molecule has 19 heavy (non-hydrogen) atoms. The number of anilines is 1. The first-order valence-electron chi connectivity index (χ1n) is 6.15. The quantitative estimate of drug-likeness (QED) is 0.915. The van der Waals surface area contributed by atoms with Gasteiger partial charge in [-0.15, -0.1) is 0 Å². The number of carbonyl (C=O) groups is 1. The highest BCUT2D eigenvalue weighted by Crippen LogP contribution is 2.25.